The molecule has 4 atom stereocenters. The molecule has 1 saturated heterocycles. The normalized spacial score (nSPS) is 27.3. The van der Waals surface area contributed by atoms with Crippen molar-refractivity contribution in [2.75, 3.05) is 11.9 Å². The number of para-hydroxylation sites is 1. The highest BCUT2D eigenvalue weighted by atomic mass is 16.2. The van der Waals surface area contributed by atoms with E-state index >= 15 is 0 Å². The average Bonchev–Trinajstić information content (AvgIpc) is 2.98. The molecule has 0 aromatic heterocycles. The molecule has 4 heteroatoms. The molecule has 25 heavy (non-hydrogen) atoms. The number of aryl methyl sites for hydroxylation is 1. The van der Waals surface area contributed by atoms with Gasteiger partial charge in [-0.3, -0.25) is 4.79 Å². The maximum absolute atomic E-state index is 13.0. The van der Waals surface area contributed by atoms with E-state index in [1.54, 1.807) is 0 Å². The number of benzene rings is 1. The standard InChI is InChI=1S/C21H33N3O/c1-13-8-6-10-15-12-16(23-17(13)15)20(25)24-19(21(3,4)5)18-14(2)9-7-11-22-18/h6,8,10,14,16,18-19,22-23H,7,9,11-12H2,1-5H3,(H,24,25). The number of fused-ring (bicyclic) bond motifs is 1. The van der Waals surface area contributed by atoms with Gasteiger partial charge in [-0.05, 0) is 48.8 Å². The number of nitrogens with one attached hydrogen (secondary N) is 3. The number of rotatable bonds is 3. The zero-order valence-electron chi connectivity index (χ0n) is 16.3. The molecule has 0 spiro atoms. The lowest BCUT2D eigenvalue weighted by molar-refractivity contribution is -0.123. The molecular weight excluding hydrogens is 310 g/mol. The minimum atomic E-state index is -0.167. The van der Waals surface area contributed by atoms with Crippen LogP contribution in [0.5, 0.6) is 0 Å². The fourth-order valence-corrected chi connectivity index (χ4v) is 4.33. The molecule has 3 rings (SSSR count). The predicted octanol–water partition coefficient (Wildman–Crippen LogP) is 3.25. The van der Waals surface area contributed by atoms with Gasteiger partial charge in [0.2, 0.25) is 5.91 Å². The highest BCUT2D eigenvalue weighted by Gasteiger charge is 2.39. The second-order valence-corrected chi connectivity index (χ2v) is 8.96. The van der Waals surface area contributed by atoms with Crippen LogP contribution in [0.2, 0.25) is 0 Å². The largest absolute Gasteiger partial charge is 0.373 e. The molecule has 1 aromatic carbocycles. The molecule has 138 valence electrons. The van der Waals surface area contributed by atoms with Crippen molar-refractivity contribution in [2.24, 2.45) is 11.3 Å². The van der Waals surface area contributed by atoms with Gasteiger partial charge in [-0.1, -0.05) is 45.9 Å². The SMILES string of the molecule is Cc1cccc2c1NC(C(=O)NC(C1NCCCC1C)C(C)(C)C)C2. The fraction of sp³-hybridized carbons (Fsp3) is 0.667. The van der Waals surface area contributed by atoms with Crippen LogP contribution in [0, 0.1) is 18.3 Å². The van der Waals surface area contributed by atoms with Gasteiger partial charge in [0.25, 0.3) is 0 Å². The van der Waals surface area contributed by atoms with Crippen LogP contribution >= 0.6 is 0 Å². The molecule has 0 radical (unpaired) electrons. The highest BCUT2D eigenvalue weighted by molar-refractivity contribution is 5.88. The number of hydrogen-bond donors (Lipinski definition) is 3. The van der Waals surface area contributed by atoms with Crippen molar-refractivity contribution >= 4 is 11.6 Å². The van der Waals surface area contributed by atoms with Crippen molar-refractivity contribution in [3.8, 4) is 0 Å². The Balaban J connectivity index is 1.72. The summed E-state index contributed by atoms with van der Waals surface area (Å²) in [5, 5.41) is 10.5. The van der Waals surface area contributed by atoms with Gasteiger partial charge in [0.05, 0.1) is 0 Å². The Labute approximate surface area is 152 Å². The fourth-order valence-electron chi connectivity index (χ4n) is 4.33. The van der Waals surface area contributed by atoms with Crippen molar-refractivity contribution in [2.45, 2.75) is 72.0 Å². The van der Waals surface area contributed by atoms with E-state index in [1.165, 1.54) is 24.0 Å². The van der Waals surface area contributed by atoms with Crippen LogP contribution in [-0.4, -0.2) is 30.6 Å². The number of carbonyl (C=O) groups excluding carboxylic acids is 1. The molecule has 1 aromatic rings. The molecule has 0 saturated carbocycles. The minimum Gasteiger partial charge on any atom is -0.373 e. The summed E-state index contributed by atoms with van der Waals surface area (Å²) >= 11 is 0. The van der Waals surface area contributed by atoms with Gasteiger partial charge in [-0.15, -0.1) is 0 Å². The molecule has 4 nitrogen and oxygen atoms in total. The predicted molar refractivity (Wildman–Crippen MR) is 104 cm³/mol. The number of hydrogen-bond acceptors (Lipinski definition) is 3. The summed E-state index contributed by atoms with van der Waals surface area (Å²) in [7, 11) is 0. The Bertz CT molecular complexity index is 635. The van der Waals surface area contributed by atoms with Crippen LogP contribution in [-0.2, 0) is 11.2 Å². The zero-order valence-corrected chi connectivity index (χ0v) is 16.3. The number of anilines is 1. The molecular formula is C21H33N3O. The molecule has 1 amide bonds. The van der Waals surface area contributed by atoms with E-state index in [1.807, 2.05) is 0 Å². The molecule has 2 heterocycles. The van der Waals surface area contributed by atoms with Crippen LogP contribution in [0.3, 0.4) is 0 Å². The van der Waals surface area contributed by atoms with Gasteiger partial charge in [-0.2, -0.15) is 0 Å². The maximum Gasteiger partial charge on any atom is 0.243 e. The lowest BCUT2D eigenvalue weighted by atomic mass is 9.75. The van der Waals surface area contributed by atoms with Crippen LogP contribution < -0.4 is 16.0 Å². The zero-order chi connectivity index (χ0) is 18.2. The first-order valence-corrected chi connectivity index (χ1v) is 9.66. The van der Waals surface area contributed by atoms with Crippen LogP contribution in [0.1, 0.15) is 51.7 Å². The van der Waals surface area contributed by atoms with Crippen molar-refractivity contribution in [1.82, 2.24) is 10.6 Å². The van der Waals surface area contributed by atoms with Crippen LogP contribution in [0.4, 0.5) is 5.69 Å². The summed E-state index contributed by atoms with van der Waals surface area (Å²) < 4.78 is 0. The summed E-state index contributed by atoms with van der Waals surface area (Å²) in [4.78, 5) is 13.0. The molecule has 2 aliphatic rings. The van der Waals surface area contributed by atoms with E-state index in [0.29, 0.717) is 12.0 Å². The summed E-state index contributed by atoms with van der Waals surface area (Å²) in [6.45, 7) is 12.1. The van der Waals surface area contributed by atoms with E-state index in [4.69, 9.17) is 0 Å². The molecule has 0 bridgehead atoms. The van der Waals surface area contributed by atoms with Gasteiger partial charge in [0.15, 0.2) is 0 Å². The van der Waals surface area contributed by atoms with Crippen molar-refractivity contribution < 1.29 is 4.79 Å². The third kappa shape index (κ3) is 3.84. The average molecular weight is 344 g/mol. The lowest BCUT2D eigenvalue weighted by Crippen LogP contribution is -2.61. The van der Waals surface area contributed by atoms with Crippen LogP contribution in [0.15, 0.2) is 18.2 Å². The summed E-state index contributed by atoms with van der Waals surface area (Å²) in [5.41, 5.74) is 3.61. The maximum atomic E-state index is 13.0. The first-order valence-electron chi connectivity index (χ1n) is 9.66. The van der Waals surface area contributed by atoms with Gasteiger partial charge in [0.1, 0.15) is 6.04 Å². The Morgan fingerprint density at radius 1 is 1.32 bits per heavy atom. The van der Waals surface area contributed by atoms with Gasteiger partial charge in [0, 0.05) is 24.2 Å². The van der Waals surface area contributed by atoms with E-state index < -0.39 is 0 Å². The lowest BCUT2D eigenvalue weighted by Gasteiger charge is -2.43. The molecule has 1 fully saturated rings. The quantitative estimate of drug-likeness (QED) is 0.790. The number of amides is 1. The minimum absolute atomic E-state index is 0.0142. The van der Waals surface area contributed by atoms with E-state index in [2.05, 4.69) is 68.8 Å². The monoisotopic (exact) mass is 343 g/mol. The van der Waals surface area contributed by atoms with Crippen molar-refractivity contribution in [3.63, 3.8) is 0 Å². The highest BCUT2D eigenvalue weighted by Crippen LogP contribution is 2.31. The first kappa shape index (κ1) is 18.2. The summed E-state index contributed by atoms with van der Waals surface area (Å²) in [6.07, 6.45) is 3.22. The Morgan fingerprint density at radius 2 is 2.08 bits per heavy atom. The van der Waals surface area contributed by atoms with E-state index in [0.717, 1.165) is 18.7 Å². The summed E-state index contributed by atoms with van der Waals surface area (Å²) in [6, 6.07) is 6.58. The van der Waals surface area contributed by atoms with Crippen molar-refractivity contribution in [1.29, 1.82) is 0 Å². The number of piperidine rings is 1. The first-order chi connectivity index (χ1) is 11.8. The molecule has 3 N–H and O–H groups in total. The smallest absolute Gasteiger partial charge is 0.243 e. The third-order valence-electron chi connectivity index (χ3n) is 5.84. The molecule has 4 unspecified atom stereocenters. The molecule has 2 aliphatic heterocycles. The van der Waals surface area contributed by atoms with E-state index in [9.17, 15) is 4.79 Å². The Morgan fingerprint density at radius 3 is 2.72 bits per heavy atom. The van der Waals surface area contributed by atoms with Crippen molar-refractivity contribution in [3.05, 3.63) is 29.3 Å². The Hall–Kier alpha value is -1.55. The second-order valence-electron chi connectivity index (χ2n) is 8.96. The van der Waals surface area contributed by atoms with E-state index in [-0.39, 0.29) is 23.4 Å². The number of carbonyl (C=O) groups is 1. The van der Waals surface area contributed by atoms with Crippen LogP contribution in [0.25, 0.3) is 0 Å². The van der Waals surface area contributed by atoms with Gasteiger partial charge < -0.3 is 16.0 Å². The summed E-state index contributed by atoms with van der Waals surface area (Å²) in [5.74, 6) is 0.698. The second kappa shape index (κ2) is 6.99. The van der Waals surface area contributed by atoms with Gasteiger partial charge in [-0.25, -0.2) is 0 Å². The Kier molecular flexibility index (Phi) is 5.10. The topological polar surface area (TPSA) is 53.2 Å². The van der Waals surface area contributed by atoms with Gasteiger partial charge >= 0.3 is 0 Å². The third-order valence-corrected chi connectivity index (χ3v) is 5.84. The molecule has 0 aliphatic carbocycles.